The zero-order valence-corrected chi connectivity index (χ0v) is 14.6. The minimum Gasteiger partial charge on any atom is -0.494 e. The minimum absolute atomic E-state index is 0.0625. The van der Waals surface area contributed by atoms with Crippen LogP contribution in [0.25, 0.3) is 0 Å². The lowest BCUT2D eigenvalue weighted by atomic mass is 10.0. The van der Waals surface area contributed by atoms with Crippen molar-refractivity contribution in [3.8, 4) is 5.75 Å². The molecule has 1 aromatic heterocycles. The van der Waals surface area contributed by atoms with Crippen LogP contribution in [0.3, 0.4) is 0 Å². The van der Waals surface area contributed by atoms with E-state index in [4.69, 9.17) is 4.74 Å². The molecule has 2 amide bonds. The van der Waals surface area contributed by atoms with E-state index in [-0.39, 0.29) is 18.0 Å². The molecule has 0 saturated carbocycles. The Hall–Kier alpha value is -2.58. The highest BCUT2D eigenvalue weighted by molar-refractivity contribution is 5.95. The first-order valence-electron chi connectivity index (χ1n) is 7.97. The van der Waals surface area contributed by atoms with Crippen molar-refractivity contribution in [2.24, 2.45) is 5.92 Å². The van der Waals surface area contributed by atoms with Gasteiger partial charge in [0.1, 0.15) is 5.75 Å². The molecule has 1 aromatic rings. The lowest BCUT2D eigenvalue weighted by Gasteiger charge is -2.21. The number of rotatable bonds is 4. The fourth-order valence-corrected chi connectivity index (χ4v) is 2.73. The quantitative estimate of drug-likeness (QED) is 0.824. The molecule has 1 fully saturated rings. The molecule has 1 N–H and O–H groups in total. The van der Waals surface area contributed by atoms with E-state index in [2.05, 4.69) is 10.3 Å². The lowest BCUT2D eigenvalue weighted by molar-refractivity contribution is -0.175. The van der Waals surface area contributed by atoms with Crippen molar-refractivity contribution in [1.29, 1.82) is 0 Å². The molecule has 1 aliphatic rings. The number of amides is 2. The molecule has 1 saturated heterocycles. The second kappa shape index (κ2) is 7.76. The molecule has 26 heavy (non-hydrogen) atoms. The van der Waals surface area contributed by atoms with Crippen LogP contribution in [0.15, 0.2) is 30.0 Å². The van der Waals surface area contributed by atoms with Gasteiger partial charge in [-0.1, -0.05) is 6.08 Å². The molecule has 0 radical (unpaired) electrons. The number of alkyl halides is 3. The maximum atomic E-state index is 13.4. The zero-order valence-electron chi connectivity index (χ0n) is 14.6. The van der Waals surface area contributed by atoms with Crippen molar-refractivity contribution in [3.05, 3.63) is 35.7 Å². The standard InChI is InChI=1S/C17H20F3N3O3/c1-4-10(2)15(24)22-12-9-23(8-11(12)17(18,19)20)16(25)14-13(26-3)6-5-7-21-14/h4-7,11-12H,8-9H2,1-3H3,(H,22,24)/t11-,12-/m1/s1. The van der Waals surface area contributed by atoms with E-state index in [1.54, 1.807) is 13.0 Å². The molecular formula is C17H20F3N3O3. The van der Waals surface area contributed by atoms with Gasteiger partial charge in [0.25, 0.3) is 5.91 Å². The first-order valence-corrected chi connectivity index (χ1v) is 7.97. The van der Waals surface area contributed by atoms with Crippen molar-refractivity contribution >= 4 is 11.8 Å². The normalized spacial score (nSPS) is 20.8. The Labute approximate surface area is 149 Å². The van der Waals surface area contributed by atoms with Gasteiger partial charge in [-0.15, -0.1) is 0 Å². The summed E-state index contributed by atoms with van der Waals surface area (Å²) in [7, 11) is 1.35. The number of hydrogen-bond donors (Lipinski definition) is 1. The molecule has 9 heteroatoms. The average molecular weight is 371 g/mol. The number of carbonyl (C=O) groups is 2. The second-order valence-corrected chi connectivity index (χ2v) is 5.96. The molecule has 0 bridgehead atoms. The summed E-state index contributed by atoms with van der Waals surface area (Å²) in [6.07, 6.45) is -1.68. The van der Waals surface area contributed by atoms with Crippen molar-refractivity contribution in [2.45, 2.75) is 26.1 Å². The van der Waals surface area contributed by atoms with Crippen molar-refractivity contribution in [1.82, 2.24) is 15.2 Å². The van der Waals surface area contributed by atoms with E-state index >= 15 is 0 Å². The number of aromatic nitrogens is 1. The first-order chi connectivity index (χ1) is 12.2. The molecule has 2 heterocycles. The summed E-state index contributed by atoms with van der Waals surface area (Å²) in [6.45, 7) is 2.32. The van der Waals surface area contributed by atoms with Crippen LogP contribution in [0.5, 0.6) is 5.75 Å². The zero-order chi connectivity index (χ0) is 19.5. The van der Waals surface area contributed by atoms with Crippen LogP contribution >= 0.6 is 0 Å². The highest BCUT2D eigenvalue weighted by Crippen LogP contribution is 2.35. The van der Waals surface area contributed by atoms with Gasteiger partial charge in [0.05, 0.1) is 19.1 Å². The van der Waals surface area contributed by atoms with Gasteiger partial charge in [0.2, 0.25) is 5.91 Å². The van der Waals surface area contributed by atoms with Crippen LogP contribution in [0.4, 0.5) is 13.2 Å². The Kier molecular flexibility index (Phi) is 5.89. The number of hydrogen-bond acceptors (Lipinski definition) is 4. The number of nitrogens with zero attached hydrogens (tertiary/aromatic N) is 2. The van der Waals surface area contributed by atoms with E-state index in [9.17, 15) is 22.8 Å². The number of pyridine rings is 1. The van der Waals surface area contributed by atoms with Gasteiger partial charge in [-0.3, -0.25) is 9.59 Å². The largest absolute Gasteiger partial charge is 0.494 e. The van der Waals surface area contributed by atoms with E-state index in [0.29, 0.717) is 5.57 Å². The third-order valence-electron chi connectivity index (χ3n) is 4.33. The number of nitrogens with one attached hydrogen (secondary N) is 1. The Balaban J connectivity index is 2.24. The Morgan fingerprint density at radius 1 is 1.38 bits per heavy atom. The average Bonchev–Trinajstić information content (AvgIpc) is 3.04. The van der Waals surface area contributed by atoms with Gasteiger partial charge in [0.15, 0.2) is 5.69 Å². The lowest BCUT2D eigenvalue weighted by Crippen LogP contribution is -2.45. The Morgan fingerprint density at radius 2 is 2.08 bits per heavy atom. The SMILES string of the molecule is CC=C(C)C(=O)N[C@@H]1CN(C(=O)c2ncccc2OC)C[C@H]1C(F)(F)F. The third-order valence-corrected chi connectivity index (χ3v) is 4.33. The summed E-state index contributed by atoms with van der Waals surface area (Å²) in [5, 5.41) is 2.38. The number of allylic oxidation sites excluding steroid dienone is 1. The fourth-order valence-electron chi connectivity index (χ4n) is 2.73. The predicted octanol–water partition coefficient (Wildman–Crippen LogP) is 2.18. The van der Waals surface area contributed by atoms with Crippen LogP contribution in [0.1, 0.15) is 24.3 Å². The van der Waals surface area contributed by atoms with Gasteiger partial charge in [0, 0.05) is 24.9 Å². The Bertz CT molecular complexity index is 719. The van der Waals surface area contributed by atoms with Crippen molar-refractivity contribution in [3.63, 3.8) is 0 Å². The molecule has 0 unspecified atom stereocenters. The number of methoxy groups -OCH3 is 1. The number of halogens is 3. The molecule has 1 aliphatic heterocycles. The molecule has 0 aromatic carbocycles. The van der Waals surface area contributed by atoms with Gasteiger partial charge >= 0.3 is 6.18 Å². The number of ether oxygens (including phenoxy) is 1. The maximum Gasteiger partial charge on any atom is 0.395 e. The van der Waals surface area contributed by atoms with Crippen molar-refractivity contribution < 1.29 is 27.5 Å². The van der Waals surface area contributed by atoms with Crippen LogP contribution in [-0.2, 0) is 4.79 Å². The summed E-state index contributed by atoms with van der Waals surface area (Å²) in [5.74, 6) is -2.93. The molecule has 2 rings (SSSR count). The molecule has 0 aliphatic carbocycles. The topological polar surface area (TPSA) is 71.5 Å². The highest BCUT2D eigenvalue weighted by Gasteiger charge is 2.51. The van der Waals surface area contributed by atoms with Crippen LogP contribution < -0.4 is 10.1 Å². The van der Waals surface area contributed by atoms with Crippen LogP contribution in [-0.4, -0.2) is 54.1 Å². The molecule has 142 valence electrons. The van der Waals surface area contributed by atoms with Crippen LogP contribution in [0, 0.1) is 5.92 Å². The summed E-state index contributed by atoms with van der Waals surface area (Å²) in [4.78, 5) is 29.5. The van der Waals surface area contributed by atoms with E-state index < -0.39 is 36.5 Å². The van der Waals surface area contributed by atoms with Crippen LogP contribution in [0.2, 0.25) is 0 Å². The second-order valence-electron chi connectivity index (χ2n) is 5.96. The highest BCUT2D eigenvalue weighted by atomic mass is 19.4. The summed E-state index contributed by atoms with van der Waals surface area (Å²) in [5.41, 5.74) is 0.245. The maximum absolute atomic E-state index is 13.4. The van der Waals surface area contributed by atoms with Gasteiger partial charge in [-0.2, -0.15) is 13.2 Å². The van der Waals surface area contributed by atoms with Gasteiger partial charge < -0.3 is 15.0 Å². The molecule has 6 nitrogen and oxygen atoms in total. The van der Waals surface area contributed by atoms with E-state index in [1.807, 2.05) is 0 Å². The van der Waals surface area contributed by atoms with Gasteiger partial charge in [-0.05, 0) is 26.0 Å². The third kappa shape index (κ3) is 4.14. The monoisotopic (exact) mass is 371 g/mol. The van der Waals surface area contributed by atoms with Gasteiger partial charge in [-0.25, -0.2) is 4.98 Å². The minimum atomic E-state index is -4.55. The van der Waals surface area contributed by atoms with Crippen molar-refractivity contribution in [2.75, 3.05) is 20.2 Å². The van der Waals surface area contributed by atoms with E-state index in [1.165, 1.54) is 32.4 Å². The number of carbonyl (C=O) groups excluding carboxylic acids is 2. The molecule has 2 atom stereocenters. The number of likely N-dealkylation sites (tertiary alicyclic amines) is 1. The Morgan fingerprint density at radius 3 is 2.65 bits per heavy atom. The first kappa shape index (κ1) is 19.7. The molecule has 0 spiro atoms. The fraction of sp³-hybridized carbons (Fsp3) is 0.471. The summed E-state index contributed by atoms with van der Waals surface area (Å²) in [6, 6.07) is 1.84. The molecular weight excluding hydrogens is 351 g/mol. The summed E-state index contributed by atoms with van der Waals surface area (Å²) >= 11 is 0. The summed E-state index contributed by atoms with van der Waals surface area (Å²) < 4.78 is 45.2. The predicted molar refractivity (Wildman–Crippen MR) is 87.6 cm³/mol. The smallest absolute Gasteiger partial charge is 0.395 e. The van der Waals surface area contributed by atoms with E-state index in [0.717, 1.165) is 4.90 Å².